The molecule has 0 fully saturated rings. The van der Waals surface area contributed by atoms with Gasteiger partial charge in [0.25, 0.3) is 5.91 Å². The third-order valence-corrected chi connectivity index (χ3v) is 5.15. The molecule has 0 atom stereocenters. The summed E-state index contributed by atoms with van der Waals surface area (Å²) in [4.78, 5) is 38.5. The van der Waals surface area contributed by atoms with E-state index in [9.17, 15) is 4.79 Å². The van der Waals surface area contributed by atoms with Crippen LogP contribution in [0.1, 0.15) is 16.2 Å². The molecule has 38 heavy (non-hydrogen) atoms. The van der Waals surface area contributed by atoms with E-state index >= 15 is 0 Å². The number of rotatable bonds is 4. The van der Waals surface area contributed by atoms with Crippen molar-refractivity contribution >= 4 is 39.9 Å². The van der Waals surface area contributed by atoms with Crippen molar-refractivity contribution in [3.8, 4) is 0 Å². The van der Waals surface area contributed by atoms with Crippen LogP contribution in [-0.4, -0.2) is 59.7 Å². The molecule has 1 amide bonds. The Balaban J connectivity index is 0.000000144. The van der Waals surface area contributed by atoms with E-state index in [0.717, 1.165) is 29.2 Å². The third-order valence-electron chi connectivity index (χ3n) is 5.15. The molecule has 6 rings (SSSR count). The second-order valence-corrected chi connectivity index (χ2v) is 7.98. The summed E-state index contributed by atoms with van der Waals surface area (Å²) >= 11 is 0. The van der Waals surface area contributed by atoms with Crippen molar-refractivity contribution in [3.63, 3.8) is 0 Å². The van der Waals surface area contributed by atoms with Gasteiger partial charge in [0.1, 0.15) is 30.0 Å². The standard InChI is InChI=1S/C13H13N5.C6H7N5.C4H6N4O/c1-18-9-17-11-12(15-8-16-13(11)18)14-7-10-5-3-2-4-6-10;1-11-3-10-4-5(7)8-2-9-6(4)11;1-8-2-6-4(7-8)3(5)9/h2-6,8-9H,7H2,1H3,(H,14,15,16);2-3H,1H3,(H2,7,8,9);2H,1H3,(H2,5,9). The lowest BCUT2D eigenvalue weighted by atomic mass is 10.2. The van der Waals surface area contributed by atoms with E-state index in [1.807, 2.05) is 36.9 Å². The van der Waals surface area contributed by atoms with Crippen LogP contribution in [0.3, 0.4) is 0 Å². The number of aromatic nitrogens is 11. The first kappa shape index (κ1) is 25.6. The summed E-state index contributed by atoms with van der Waals surface area (Å²) < 4.78 is 5.10. The normalized spacial score (nSPS) is 10.4. The first-order chi connectivity index (χ1) is 18.3. The van der Waals surface area contributed by atoms with Gasteiger partial charge in [-0.2, -0.15) is 0 Å². The average Bonchev–Trinajstić information content (AvgIpc) is 3.64. The number of aryl methyl sites for hydroxylation is 3. The zero-order valence-electron chi connectivity index (χ0n) is 21.0. The Hall–Kier alpha value is -5.47. The van der Waals surface area contributed by atoms with Crippen LogP contribution in [-0.2, 0) is 27.7 Å². The number of anilines is 2. The molecule has 5 aromatic heterocycles. The minimum atomic E-state index is -0.601. The molecule has 0 aliphatic rings. The molecule has 0 saturated carbocycles. The minimum absolute atomic E-state index is 0.0532. The topological polar surface area (TPSA) is 199 Å². The maximum atomic E-state index is 10.3. The number of nitrogen functional groups attached to an aromatic ring is 1. The Morgan fingerprint density at radius 1 is 0.816 bits per heavy atom. The molecule has 0 saturated heterocycles. The number of hydrogen-bond acceptors (Lipinski definition) is 11. The predicted molar refractivity (Wildman–Crippen MR) is 140 cm³/mol. The molecule has 0 aliphatic carbocycles. The summed E-state index contributed by atoms with van der Waals surface area (Å²) in [5.74, 6) is 0.646. The summed E-state index contributed by atoms with van der Waals surface area (Å²) in [6.07, 6.45) is 7.81. The minimum Gasteiger partial charge on any atom is -0.382 e. The molecule has 5 heterocycles. The fraction of sp³-hybridized carbons (Fsp3) is 0.174. The predicted octanol–water partition coefficient (Wildman–Crippen LogP) is 0.835. The van der Waals surface area contributed by atoms with Gasteiger partial charge in [0.15, 0.2) is 22.9 Å². The molecule has 5 N–H and O–H groups in total. The number of imidazole rings is 2. The molecule has 0 aliphatic heterocycles. The number of fused-ring (bicyclic) bond motifs is 2. The molecule has 0 spiro atoms. The van der Waals surface area contributed by atoms with Crippen LogP contribution in [0.5, 0.6) is 0 Å². The van der Waals surface area contributed by atoms with Crippen LogP contribution >= 0.6 is 0 Å². The number of nitrogens with zero attached hydrogens (tertiary/aromatic N) is 11. The van der Waals surface area contributed by atoms with Crippen molar-refractivity contribution in [2.24, 2.45) is 26.9 Å². The van der Waals surface area contributed by atoms with Crippen LogP contribution in [0, 0.1) is 0 Å². The van der Waals surface area contributed by atoms with Gasteiger partial charge in [-0.1, -0.05) is 30.3 Å². The van der Waals surface area contributed by atoms with Crippen molar-refractivity contribution in [2.45, 2.75) is 6.54 Å². The molecule has 0 bridgehead atoms. The van der Waals surface area contributed by atoms with Crippen molar-refractivity contribution in [3.05, 3.63) is 73.4 Å². The van der Waals surface area contributed by atoms with Crippen LogP contribution in [0.2, 0.25) is 0 Å². The van der Waals surface area contributed by atoms with E-state index in [1.54, 1.807) is 30.6 Å². The summed E-state index contributed by atoms with van der Waals surface area (Å²) in [5.41, 5.74) is 14.7. The van der Waals surface area contributed by atoms with Crippen LogP contribution in [0.4, 0.5) is 11.6 Å². The number of benzene rings is 1. The van der Waals surface area contributed by atoms with E-state index in [-0.39, 0.29) is 5.82 Å². The van der Waals surface area contributed by atoms with Crippen LogP contribution in [0.15, 0.2) is 62.0 Å². The summed E-state index contributed by atoms with van der Waals surface area (Å²) in [7, 11) is 5.45. The molecule has 1 aromatic carbocycles. The quantitative estimate of drug-likeness (QED) is 0.301. The number of amides is 1. The largest absolute Gasteiger partial charge is 0.382 e. The molecule has 194 valence electrons. The Morgan fingerprint density at radius 2 is 1.45 bits per heavy atom. The van der Waals surface area contributed by atoms with Gasteiger partial charge >= 0.3 is 0 Å². The highest BCUT2D eigenvalue weighted by Gasteiger charge is 2.07. The van der Waals surface area contributed by atoms with Gasteiger partial charge in [0, 0.05) is 27.7 Å². The summed E-state index contributed by atoms with van der Waals surface area (Å²) in [6, 6.07) is 10.2. The highest BCUT2D eigenvalue weighted by atomic mass is 16.1. The molecular weight excluding hydrogens is 488 g/mol. The maximum Gasteiger partial charge on any atom is 0.288 e. The average molecular weight is 515 g/mol. The van der Waals surface area contributed by atoms with Crippen molar-refractivity contribution in [1.29, 1.82) is 0 Å². The molecule has 0 unspecified atom stereocenters. The van der Waals surface area contributed by atoms with Gasteiger partial charge in [0.2, 0.25) is 5.82 Å². The number of primary amides is 1. The fourth-order valence-electron chi connectivity index (χ4n) is 3.27. The molecule has 15 heteroatoms. The lowest BCUT2D eigenvalue weighted by Gasteiger charge is -2.05. The van der Waals surface area contributed by atoms with E-state index in [0.29, 0.717) is 11.3 Å². The Labute approximate surface area is 216 Å². The van der Waals surface area contributed by atoms with E-state index < -0.39 is 5.91 Å². The zero-order chi connectivity index (χ0) is 27.1. The van der Waals surface area contributed by atoms with Gasteiger partial charge in [-0.05, 0) is 5.56 Å². The van der Waals surface area contributed by atoms with Crippen molar-refractivity contribution in [2.75, 3.05) is 11.1 Å². The number of carbonyl (C=O) groups is 1. The lowest BCUT2D eigenvalue weighted by molar-refractivity contribution is 0.0990. The molecular formula is C23H26N14O. The molecule has 15 nitrogen and oxygen atoms in total. The highest BCUT2D eigenvalue weighted by molar-refractivity contribution is 5.88. The Bertz CT molecular complexity index is 1650. The third kappa shape index (κ3) is 6.01. The van der Waals surface area contributed by atoms with E-state index in [1.165, 1.54) is 22.9 Å². The van der Waals surface area contributed by atoms with E-state index in [4.69, 9.17) is 11.5 Å². The molecule has 6 aromatic rings. The van der Waals surface area contributed by atoms with Gasteiger partial charge < -0.3 is 25.9 Å². The fourth-order valence-corrected chi connectivity index (χ4v) is 3.27. The smallest absolute Gasteiger partial charge is 0.288 e. The number of hydrogen-bond donors (Lipinski definition) is 3. The number of carbonyl (C=O) groups excluding carboxylic acids is 1. The summed E-state index contributed by atoms with van der Waals surface area (Å²) in [6.45, 7) is 0.726. The van der Waals surface area contributed by atoms with Crippen LogP contribution < -0.4 is 16.8 Å². The molecule has 0 radical (unpaired) electrons. The Kier molecular flexibility index (Phi) is 7.76. The second kappa shape index (κ2) is 11.5. The summed E-state index contributed by atoms with van der Waals surface area (Å²) in [5, 5.41) is 6.93. The second-order valence-electron chi connectivity index (χ2n) is 7.98. The number of nitrogens with two attached hydrogens (primary N) is 2. The SMILES string of the molecule is Cn1cnc(C(N)=O)n1.Cn1cnc2c(N)ncnc21.Cn1cnc2c(NCc3ccccc3)ncnc21. The maximum absolute atomic E-state index is 10.3. The number of nitrogens with one attached hydrogen (secondary N) is 1. The highest BCUT2D eigenvalue weighted by Crippen LogP contribution is 2.17. The zero-order valence-corrected chi connectivity index (χ0v) is 21.0. The van der Waals surface area contributed by atoms with Crippen molar-refractivity contribution < 1.29 is 4.79 Å². The first-order valence-corrected chi connectivity index (χ1v) is 11.3. The Morgan fingerprint density at radius 3 is 2.03 bits per heavy atom. The first-order valence-electron chi connectivity index (χ1n) is 11.3. The van der Waals surface area contributed by atoms with Gasteiger partial charge in [-0.3, -0.25) is 9.48 Å². The van der Waals surface area contributed by atoms with Crippen LogP contribution in [0.25, 0.3) is 22.3 Å². The van der Waals surface area contributed by atoms with Gasteiger partial charge in [-0.25, -0.2) is 34.9 Å². The monoisotopic (exact) mass is 514 g/mol. The van der Waals surface area contributed by atoms with E-state index in [2.05, 4.69) is 57.4 Å². The van der Waals surface area contributed by atoms with Gasteiger partial charge in [-0.15, -0.1) is 5.10 Å². The lowest BCUT2D eigenvalue weighted by Crippen LogP contribution is -2.13. The van der Waals surface area contributed by atoms with Crippen molar-refractivity contribution in [1.82, 2.24) is 53.8 Å². The van der Waals surface area contributed by atoms with Gasteiger partial charge in [0.05, 0.1) is 12.7 Å².